The molecule has 1 nitrogen and oxygen atoms in total. The number of rotatable bonds is 4. The monoisotopic (exact) mass is 698 g/mol. The second kappa shape index (κ2) is 23.1. The van der Waals surface area contributed by atoms with Gasteiger partial charge in [0.2, 0.25) is 0 Å². The molecule has 0 N–H and O–H groups in total. The van der Waals surface area contributed by atoms with E-state index in [-0.39, 0.29) is 24.0 Å². The lowest BCUT2D eigenvalue weighted by Gasteiger charge is -2.60. The summed E-state index contributed by atoms with van der Waals surface area (Å²) in [7, 11) is 0. The molecule has 4 aliphatic rings. The number of hydrogen-bond donors (Lipinski definition) is 0. The van der Waals surface area contributed by atoms with Gasteiger partial charge in [-0.3, -0.25) is 0 Å². The molecule has 0 radical (unpaired) electrons. The van der Waals surface area contributed by atoms with Gasteiger partial charge in [-0.2, -0.15) is 0 Å². The van der Waals surface area contributed by atoms with Crippen LogP contribution in [0.25, 0.3) is 0 Å². The average Bonchev–Trinajstić information content (AvgIpc) is 3.01. The Kier molecular flexibility index (Phi) is 20.4. The van der Waals surface area contributed by atoms with E-state index in [4.69, 9.17) is 0 Å². The summed E-state index contributed by atoms with van der Waals surface area (Å²) in [5.41, 5.74) is 0. The lowest BCUT2D eigenvalue weighted by molar-refractivity contribution is -1.02. The summed E-state index contributed by atoms with van der Waals surface area (Å²) in [6.45, 7) is 0. The largest absolute Gasteiger partial charge is 1.00 e. The molecule has 0 aromatic heterocycles. The lowest BCUT2D eigenvalue weighted by atomic mass is 9.79. The minimum Gasteiger partial charge on any atom is -1.00 e. The van der Waals surface area contributed by atoms with E-state index < -0.39 is 0 Å². The molecule has 0 atom stereocenters. The molecule has 2 heteroatoms. The highest BCUT2D eigenvalue weighted by atomic mass is 127. The van der Waals surface area contributed by atoms with Crippen LogP contribution in [0.4, 0.5) is 0 Å². The van der Waals surface area contributed by atoms with Crippen LogP contribution >= 0.6 is 0 Å². The van der Waals surface area contributed by atoms with Crippen molar-refractivity contribution in [2.24, 2.45) is 0 Å². The maximum Gasteiger partial charge on any atom is 0.0896 e. The Morgan fingerprint density at radius 2 is 0.310 bits per heavy atom. The van der Waals surface area contributed by atoms with Gasteiger partial charge in [0, 0.05) is 0 Å². The van der Waals surface area contributed by atoms with Crippen molar-refractivity contribution in [2.45, 2.75) is 255 Å². The van der Waals surface area contributed by atoms with Crippen LogP contribution in [0.15, 0.2) is 0 Å². The summed E-state index contributed by atoms with van der Waals surface area (Å²) in [5, 5.41) is 0. The maximum atomic E-state index is 1.67. The van der Waals surface area contributed by atoms with Crippen LogP contribution in [0.1, 0.15) is 231 Å². The molecular formula is C40H76IN. The van der Waals surface area contributed by atoms with Gasteiger partial charge in [0.25, 0.3) is 0 Å². The molecule has 4 fully saturated rings. The molecule has 0 aromatic rings. The second-order valence-corrected chi connectivity index (χ2v) is 15.7. The van der Waals surface area contributed by atoms with Crippen LogP contribution in [0.2, 0.25) is 0 Å². The zero-order valence-corrected chi connectivity index (χ0v) is 30.7. The molecule has 248 valence electrons. The fourth-order valence-electron chi connectivity index (χ4n) is 10.7. The zero-order valence-electron chi connectivity index (χ0n) is 28.6. The highest BCUT2D eigenvalue weighted by Gasteiger charge is 2.52. The summed E-state index contributed by atoms with van der Waals surface area (Å²) in [6, 6.07) is 3.90. The molecule has 0 aromatic carbocycles. The van der Waals surface area contributed by atoms with Crippen molar-refractivity contribution in [1.29, 1.82) is 0 Å². The van der Waals surface area contributed by atoms with Gasteiger partial charge in [-0.05, 0) is 103 Å². The van der Waals surface area contributed by atoms with Gasteiger partial charge < -0.3 is 28.5 Å². The van der Waals surface area contributed by atoms with Gasteiger partial charge in [0.1, 0.15) is 0 Å². The van der Waals surface area contributed by atoms with E-state index in [9.17, 15) is 0 Å². The summed E-state index contributed by atoms with van der Waals surface area (Å²) in [5.74, 6) is 0. The summed E-state index contributed by atoms with van der Waals surface area (Å²) < 4.78 is 1.67. The Morgan fingerprint density at radius 3 is 0.452 bits per heavy atom. The highest BCUT2D eigenvalue weighted by Crippen LogP contribution is 2.45. The standard InChI is InChI=1S/C40H76N.HI/c1-5-13-21-29-37(30-22-14-6-1)41(38-31-23-15-7-2-8-16-24-32-38,39-33-25-17-9-3-10-18-26-34-39)40-35-27-19-11-4-12-20-28-36-40;/h37-40H,1-36H2;1H/q+1;/p-1. The first-order valence-electron chi connectivity index (χ1n) is 20.3. The van der Waals surface area contributed by atoms with Gasteiger partial charge in [-0.15, -0.1) is 0 Å². The van der Waals surface area contributed by atoms with Crippen molar-refractivity contribution < 1.29 is 28.5 Å². The summed E-state index contributed by atoms with van der Waals surface area (Å²) >= 11 is 0. The van der Waals surface area contributed by atoms with Crippen molar-refractivity contribution in [3.8, 4) is 0 Å². The molecular weight excluding hydrogens is 621 g/mol. The van der Waals surface area contributed by atoms with E-state index in [1.54, 1.807) is 55.8 Å². The first kappa shape index (κ1) is 37.2. The van der Waals surface area contributed by atoms with Crippen LogP contribution in [-0.4, -0.2) is 28.7 Å². The fourth-order valence-corrected chi connectivity index (χ4v) is 10.7. The molecule has 4 saturated carbocycles. The summed E-state index contributed by atoms with van der Waals surface area (Å²) in [4.78, 5) is 0. The molecule has 0 aliphatic heterocycles. The van der Waals surface area contributed by atoms with Gasteiger partial charge >= 0.3 is 0 Å². The SMILES string of the molecule is C1CCCCC([N+](C2CCCCCCCCC2)(C2CCCCCCCCC2)C2CCCCCCCCC2)CCCC1.[I-]. The minimum atomic E-state index is 0. The van der Waals surface area contributed by atoms with Crippen LogP contribution in [-0.2, 0) is 0 Å². The van der Waals surface area contributed by atoms with Crippen molar-refractivity contribution in [1.82, 2.24) is 0 Å². The Bertz CT molecular complexity index is 484. The van der Waals surface area contributed by atoms with E-state index >= 15 is 0 Å². The Hall–Kier alpha value is 0.690. The predicted molar refractivity (Wildman–Crippen MR) is 182 cm³/mol. The van der Waals surface area contributed by atoms with Gasteiger partial charge in [-0.1, -0.05) is 128 Å². The number of hydrogen-bond acceptors (Lipinski definition) is 0. The van der Waals surface area contributed by atoms with Crippen molar-refractivity contribution >= 4 is 0 Å². The van der Waals surface area contributed by atoms with Crippen LogP contribution in [0, 0.1) is 0 Å². The van der Waals surface area contributed by atoms with E-state index in [0.29, 0.717) is 0 Å². The normalized spacial score (nSPS) is 26.9. The topological polar surface area (TPSA) is 0 Å². The maximum absolute atomic E-state index is 1.67. The molecule has 4 aliphatic carbocycles. The molecule has 4 rings (SSSR count). The fraction of sp³-hybridized carbons (Fsp3) is 1.00. The van der Waals surface area contributed by atoms with Gasteiger partial charge in [0.15, 0.2) is 0 Å². The molecule has 0 unspecified atom stereocenters. The molecule has 0 saturated heterocycles. The summed E-state index contributed by atoms with van der Waals surface area (Å²) in [6.07, 6.45) is 55.3. The van der Waals surface area contributed by atoms with E-state index in [1.807, 2.05) is 0 Å². The van der Waals surface area contributed by atoms with E-state index in [2.05, 4.69) is 0 Å². The molecule has 42 heavy (non-hydrogen) atoms. The quantitative estimate of drug-likeness (QED) is 0.203. The van der Waals surface area contributed by atoms with Gasteiger partial charge in [0.05, 0.1) is 24.2 Å². The number of quaternary nitrogens is 1. The predicted octanol–water partition coefficient (Wildman–Crippen LogP) is 10.4. The lowest BCUT2D eigenvalue weighted by Crippen LogP contribution is -3.00. The van der Waals surface area contributed by atoms with Crippen molar-refractivity contribution in [3.63, 3.8) is 0 Å². The number of nitrogens with zero attached hydrogens (tertiary/aromatic N) is 1. The Morgan fingerprint density at radius 1 is 0.190 bits per heavy atom. The first-order valence-corrected chi connectivity index (χ1v) is 20.3. The average molecular weight is 698 g/mol. The van der Waals surface area contributed by atoms with Crippen LogP contribution < -0.4 is 24.0 Å². The minimum absolute atomic E-state index is 0. The Labute approximate surface area is 282 Å². The zero-order chi connectivity index (χ0) is 28.3. The van der Waals surface area contributed by atoms with Crippen molar-refractivity contribution in [2.75, 3.05) is 0 Å². The smallest absolute Gasteiger partial charge is 0.0896 e. The third kappa shape index (κ3) is 12.1. The second-order valence-electron chi connectivity index (χ2n) is 15.7. The number of halogens is 1. The molecule has 0 spiro atoms. The molecule has 0 heterocycles. The van der Waals surface area contributed by atoms with Crippen LogP contribution in [0.5, 0.6) is 0 Å². The van der Waals surface area contributed by atoms with Crippen LogP contribution in [0.3, 0.4) is 0 Å². The highest BCUT2D eigenvalue weighted by molar-refractivity contribution is 4.82. The van der Waals surface area contributed by atoms with Gasteiger partial charge in [-0.25, -0.2) is 0 Å². The van der Waals surface area contributed by atoms with E-state index in [1.165, 1.54) is 180 Å². The van der Waals surface area contributed by atoms with Crippen molar-refractivity contribution in [3.05, 3.63) is 0 Å². The Balaban J connectivity index is 0.00000484. The third-order valence-electron chi connectivity index (χ3n) is 12.8. The molecule has 0 amide bonds. The van der Waals surface area contributed by atoms with E-state index in [0.717, 1.165) is 24.2 Å². The first-order chi connectivity index (χ1) is 20.4. The third-order valence-corrected chi connectivity index (χ3v) is 12.8. The molecule has 0 bridgehead atoms.